The van der Waals surface area contributed by atoms with E-state index in [9.17, 15) is 0 Å². The van der Waals surface area contributed by atoms with Crippen LogP contribution in [0.1, 0.15) is 5.56 Å². The highest BCUT2D eigenvalue weighted by Gasteiger charge is 2.01. The van der Waals surface area contributed by atoms with E-state index in [1.165, 1.54) is 0 Å². The van der Waals surface area contributed by atoms with Gasteiger partial charge in [0.1, 0.15) is 0 Å². The number of hydrogen-bond acceptors (Lipinski definition) is 1. The van der Waals surface area contributed by atoms with Gasteiger partial charge in [-0.3, -0.25) is 4.99 Å². The number of aliphatic imine (C=N–C) groups is 1. The average Bonchev–Trinajstić information content (AvgIpc) is 2.42. The Labute approximate surface area is 128 Å². The van der Waals surface area contributed by atoms with E-state index < -0.39 is 0 Å². The van der Waals surface area contributed by atoms with Crippen LogP contribution >= 0.6 is 23.2 Å². The molecule has 3 nitrogen and oxygen atoms in total. The zero-order chi connectivity index (χ0) is 14.4. The molecule has 0 radical (unpaired) electrons. The number of nitrogens with two attached hydrogens (primary N) is 1. The summed E-state index contributed by atoms with van der Waals surface area (Å²) in [4.78, 5) is 4.27. The first-order chi connectivity index (χ1) is 9.65. The fourth-order valence-corrected chi connectivity index (χ4v) is 2.23. The maximum atomic E-state index is 6.09. The van der Waals surface area contributed by atoms with Crippen molar-refractivity contribution in [2.75, 3.05) is 11.9 Å². The van der Waals surface area contributed by atoms with Crippen molar-refractivity contribution in [2.24, 2.45) is 10.7 Å². The van der Waals surface area contributed by atoms with Gasteiger partial charge in [-0.15, -0.1) is 0 Å². The zero-order valence-corrected chi connectivity index (χ0v) is 12.3. The van der Waals surface area contributed by atoms with Crippen LogP contribution in [-0.4, -0.2) is 12.5 Å². The molecule has 0 unspecified atom stereocenters. The number of guanidine groups is 1. The third kappa shape index (κ3) is 4.44. The first-order valence-corrected chi connectivity index (χ1v) is 6.96. The molecule has 5 heteroatoms. The molecule has 2 rings (SSSR count). The smallest absolute Gasteiger partial charge is 0.193 e. The van der Waals surface area contributed by atoms with Gasteiger partial charge in [0, 0.05) is 22.3 Å². The molecule has 0 aromatic heterocycles. The van der Waals surface area contributed by atoms with Crippen LogP contribution in [-0.2, 0) is 6.42 Å². The Kier molecular flexibility index (Phi) is 5.27. The van der Waals surface area contributed by atoms with Crippen LogP contribution in [0.2, 0.25) is 10.0 Å². The normalized spacial score (nSPS) is 11.4. The highest BCUT2D eigenvalue weighted by atomic mass is 35.5. The quantitative estimate of drug-likeness (QED) is 0.663. The summed E-state index contributed by atoms with van der Waals surface area (Å²) in [6.07, 6.45) is 0.715. The summed E-state index contributed by atoms with van der Waals surface area (Å²) in [5.41, 5.74) is 7.74. The molecule has 0 saturated carbocycles. The fraction of sp³-hybridized carbons (Fsp3) is 0.133. The molecular formula is C15H15Cl2N3. The number of benzene rings is 2. The molecule has 0 spiro atoms. The Morgan fingerprint density at radius 1 is 1.10 bits per heavy atom. The molecule has 0 aliphatic rings. The topological polar surface area (TPSA) is 50.4 Å². The van der Waals surface area contributed by atoms with Gasteiger partial charge in [0.05, 0.1) is 0 Å². The standard InChI is InChI=1S/C15H15Cl2N3/c16-12-7-6-11(14(17)10-12)8-9-19-15(18)20-13-4-2-1-3-5-13/h1-7,10H,8-9H2,(H3,18,19,20). The van der Waals surface area contributed by atoms with Gasteiger partial charge in [-0.25, -0.2) is 0 Å². The van der Waals surface area contributed by atoms with E-state index in [-0.39, 0.29) is 0 Å². The molecule has 0 aliphatic carbocycles. The van der Waals surface area contributed by atoms with Crippen LogP contribution in [0.15, 0.2) is 53.5 Å². The second-order valence-electron chi connectivity index (χ2n) is 4.24. The maximum Gasteiger partial charge on any atom is 0.193 e. The van der Waals surface area contributed by atoms with E-state index in [4.69, 9.17) is 28.9 Å². The van der Waals surface area contributed by atoms with E-state index in [0.717, 1.165) is 11.3 Å². The zero-order valence-electron chi connectivity index (χ0n) is 10.8. The third-order valence-corrected chi connectivity index (χ3v) is 3.31. The lowest BCUT2D eigenvalue weighted by Crippen LogP contribution is -2.23. The van der Waals surface area contributed by atoms with Crippen LogP contribution in [0, 0.1) is 0 Å². The van der Waals surface area contributed by atoms with Gasteiger partial charge in [-0.05, 0) is 36.2 Å². The Balaban J connectivity index is 1.89. The number of halogens is 2. The summed E-state index contributed by atoms with van der Waals surface area (Å²) in [6.45, 7) is 0.563. The van der Waals surface area contributed by atoms with Crippen molar-refractivity contribution >= 4 is 34.8 Å². The van der Waals surface area contributed by atoms with Gasteiger partial charge in [-0.1, -0.05) is 47.5 Å². The number of rotatable bonds is 4. The van der Waals surface area contributed by atoms with Crippen LogP contribution < -0.4 is 11.1 Å². The predicted octanol–water partition coefficient (Wildman–Crippen LogP) is 3.96. The molecule has 0 atom stereocenters. The summed E-state index contributed by atoms with van der Waals surface area (Å²) in [5.74, 6) is 0.390. The lowest BCUT2D eigenvalue weighted by atomic mass is 10.1. The van der Waals surface area contributed by atoms with Gasteiger partial charge in [0.15, 0.2) is 5.96 Å². The Hall–Kier alpha value is -1.71. The van der Waals surface area contributed by atoms with Crippen molar-refractivity contribution in [2.45, 2.75) is 6.42 Å². The highest BCUT2D eigenvalue weighted by Crippen LogP contribution is 2.21. The molecule has 20 heavy (non-hydrogen) atoms. The van der Waals surface area contributed by atoms with Gasteiger partial charge in [-0.2, -0.15) is 0 Å². The highest BCUT2D eigenvalue weighted by molar-refractivity contribution is 6.35. The summed E-state index contributed by atoms with van der Waals surface area (Å²) in [7, 11) is 0. The van der Waals surface area contributed by atoms with Crippen LogP contribution in [0.5, 0.6) is 0 Å². The number of para-hydroxylation sites is 1. The van der Waals surface area contributed by atoms with E-state index in [2.05, 4.69) is 10.3 Å². The molecule has 0 saturated heterocycles. The second-order valence-corrected chi connectivity index (χ2v) is 5.09. The number of anilines is 1. The van der Waals surface area contributed by atoms with E-state index in [1.807, 2.05) is 42.5 Å². The molecule has 0 aliphatic heterocycles. The minimum atomic E-state index is 0.390. The predicted molar refractivity (Wildman–Crippen MR) is 86.7 cm³/mol. The van der Waals surface area contributed by atoms with Crippen molar-refractivity contribution in [3.05, 3.63) is 64.1 Å². The second kappa shape index (κ2) is 7.17. The molecule has 0 fully saturated rings. The summed E-state index contributed by atoms with van der Waals surface area (Å²) < 4.78 is 0. The fourth-order valence-electron chi connectivity index (χ4n) is 1.73. The number of nitrogens with zero attached hydrogens (tertiary/aromatic N) is 1. The largest absolute Gasteiger partial charge is 0.370 e. The first kappa shape index (κ1) is 14.7. The number of nitrogens with one attached hydrogen (secondary N) is 1. The average molecular weight is 308 g/mol. The maximum absolute atomic E-state index is 6.09. The van der Waals surface area contributed by atoms with Crippen LogP contribution in [0.4, 0.5) is 5.69 Å². The Morgan fingerprint density at radius 2 is 1.85 bits per heavy atom. The summed E-state index contributed by atoms with van der Waals surface area (Å²) in [6, 6.07) is 15.1. The van der Waals surface area contributed by atoms with Crippen molar-refractivity contribution in [1.29, 1.82) is 0 Å². The summed E-state index contributed by atoms with van der Waals surface area (Å²) in [5, 5.41) is 4.31. The van der Waals surface area contributed by atoms with Gasteiger partial charge < -0.3 is 11.1 Å². The number of hydrogen-bond donors (Lipinski definition) is 2. The molecular weight excluding hydrogens is 293 g/mol. The van der Waals surface area contributed by atoms with Gasteiger partial charge in [0.2, 0.25) is 0 Å². The molecule has 0 bridgehead atoms. The first-order valence-electron chi connectivity index (χ1n) is 6.21. The minimum Gasteiger partial charge on any atom is -0.370 e. The summed E-state index contributed by atoms with van der Waals surface area (Å²) >= 11 is 11.9. The van der Waals surface area contributed by atoms with Crippen molar-refractivity contribution in [3.8, 4) is 0 Å². The van der Waals surface area contributed by atoms with E-state index in [0.29, 0.717) is 29.0 Å². The molecule has 2 aromatic carbocycles. The van der Waals surface area contributed by atoms with Crippen molar-refractivity contribution in [1.82, 2.24) is 0 Å². The van der Waals surface area contributed by atoms with E-state index in [1.54, 1.807) is 6.07 Å². The Bertz CT molecular complexity index is 597. The van der Waals surface area contributed by atoms with Crippen LogP contribution in [0.25, 0.3) is 0 Å². The van der Waals surface area contributed by atoms with Crippen LogP contribution in [0.3, 0.4) is 0 Å². The Morgan fingerprint density at radius 3 is 2.55 bits per heavy atom. The van der Waals surface area contributed by atoms with Gasteiger partial charge in [0.25, 0.3) is 0 Å². The van der Waals surface area contributed by atoms with E-state index >= 15 is 0 Å². The molecule has 0 amide bonds. The molecule has 0 heterocycles. The van der Waals surface area contributed by atoms with Gasteiger partial charge >= 0.3 is 0 Å². The molecule has 2 aromatic rings. The SMILES string of the molecule is NC(=NCCc1ccc(Cl)cc1Cl)Nc1ccccc1. The van der Waals surface area contributed by atoms with Crippen molar-refractivity contribution < 1.29 is 0 Å². The third-order valence-electron chi connectivity index (χ3n) is 2.72. The van der Waals surface area contributed by atoms with Crippen molar-refractivity contribution in [3.63, 3.8) is 0 Å². The molecule has 3 N–H and O–H groups in total. The lowest BCUT2D eigenvalue weighted by Gasteiger charge is -2.06. The minimum absolute atomic E-state index is 0.390. The molecule has 104 valence electrons. The lowest BCUT2D eigenvalue weighted by molar-refractivity contribution is 0.965. The monoisotopic (exact) mass is 307 g/mol.